The molecule has 0 saturated heterocycles. The van der Waals surface area contributed by atoms with Gasteiger partial charge in [0, 0.05) is 19.2 Å². The molecule has 1 heterocycles. The maximum absolute atomic E-state index is 12.0. The van der Waals surface area contributed by atoms with E-state index in [1.807, 2.05) is 42.5 Å². The van der Waals surface area contributed by atoms with Crippen molar-refractivity contribution in [2.45, 2.75) is 39.3 Å². The van der Waals surface area contributed by atoms with Gasteiger partial charge in [0.2, 0.25) is 5.91 Å². The molecule has 1 aromatic heterocycles. The number of carbonyl (C=O) groups is 1. The van der Waals surface area contributed by atoms with Crippen LogP contribution in [0.25, 0.3) is 0 Å². The summed E-state index contributed by atoms with van der Waals surface area (Å²) in [5, 5.41) is 2.98. The monoisotopic (exact) mass is 374 g/mol. The van der Waals surface area contributed by atoms with Crippen LogP contribution in [0.1, 0.15) is 35.2 Å². The molecule has 28 heavy (non-hydrogen) atoms. The molecule has 0 fully saturated rings. The molecule has 0 spiro atoms. The zero-order valence-corrected chi connectivity index (χ0v) is 16.2. The van der Waals surface area contributed by atoms with Gasteiger partial charge in [0.1, 0.15) is 12.4 Å². The predicted octanol–water partition coefficient (Wildman–Crippen LogP) is 4.61. The van der Waals surface area contributed by atoms with Crippen molar-refractivity contribution < 1.29 is 9.53 Å². The number of hydrogen-bond acceptors (Lipinski definition) is 3. The lowest BCUT2D eigenvalue weighted by molar-refractivity contribution is -0.121. The van der Waals surface area contributed by atoms with E-state index < -0.39 is 0 Å². The summed E-state index contributed by atoms with van der Waals surface area (Å²) in [7, 11) is 0. The quantitative estimate of drug-likeness (QED) is 0.595. The number of hydrogen-bond donors (Lipinski definition) is 1. The average Bonchev–Trinajstić information content (AvgIpc) is 2.74. The molecule has 4 nitrogen and oxygen atoms in total. The first kappa shape index (κ1) is 19.6. The molecule has 0 aliphatic rings. The van der Waals surface area contributed by atoms with Crippen molar-refractivity contribution >= 4 is 5.91 Å². The van der Waals surface area contributed by atoms with Crippen LogP contribution in [-0.4, -0.2) is 10.9 Å². The van der Waals surface area contributed by atoms with Gasteiger partial charge in [-0.3, -0.25) is 9.78 Å². The van der Waals surface area contributed by atoms with E-state index >= 15 is 0 Å². The van der Waals surface area contributed by atoms with Crippen LogP contribution >= 0.6 is 0 Å². The Bertz CT molecular complexity index is 859. The molecule has 144 valence electrons. The highest BCUT2D eigenvalue weighted by atomic mass is 16.5. The minimum Gasteiger partial charge on any atom is -0.487 e. The van der Waals surface area contributed by atoms with Crippen molar-refractivity contribution in [2.75, 3.05) is 0 Å². The molecule has 1 N–H and O–H groups in total. The maximum atomic E-state index is 12.0. The summed E-state index contributed by atoms with van der Waals surface area (Å²) in [5.41, 5.74) is 4.48. The number of benzene rings is 2. The fourth-order valence-corrected chi connectivity index (χ4v) is 2.84. The smallest absolute Gasteiger partial charge is 0.220 e. The Labute approximate surface area is 166 Å². The molecule has 0 unspecified atom stereocenters. The third-order valence-electron chi connectivity index (χ3n) is 4.52. The lowest BCUT2D eigenvalue weighted by Gasteiger charge is -2.08. The zero-order chi connectivity index (χ0) is 19.6. The number of pyridine rings is 1. The number of aromatic nitrogens is 1. The highest BCUT2D eigenvalue weighted by Gasteiger charge is 2.03. The number of nitrogens with zero attached hydrogens (tertiary/aromatic N) is 1. The third-order valence-corrected chi connectivity index (χ3v) is 4.52. The summed E-state index contributed by atoms with van der Waals surface area (Å²) >= 11 is 0. The first-order chi connectivity index (χ1) is 13.7. The summed E-state index contributed by atoms with van der Waals surface area (Å²) in [6, 6.07) is 22.0. The van der Waals surface area contributed by atoms with Gasteiger partial charge in [0.25, 0.3) is 0 Å². The van der Waals surface area contributed by atoms with E-state index in [0.29, 0.717) is 19.6 Å². The average molecular weight is 374 g/mol. The van der Waals surface area contributed by atoms with Crippen molar-refractivity contribution in [3.8, 4) is 5.75 Å². The minimum absolute atomic E-state index is 0.0857. The van der Waals surface area contributed by atoms with E-state index in [2.05, 4.69) is 41.5 Å². The Kier molecular flexibility index (Phi) is 7.19. The first-order valence-corrected chi connectivity index (χ1v) is 9.63. The highest BCUT2D eigenvalue weighted by molar-refractivity contribution is 5.75. The van der Waals surface area contributed by atoms with Crippen LogP contribution < -0.4 is 10.1 Å². The van der Waals surface area contributed by atoms with Crippen molar-refractivity contribution in [3.63, 3.8) is 0 Å². The molecule has 1 amide bonds. The summed E-state index contributed by atoms with van der Waals surface area (Å²) in [6.07, 6.45) is 4.08. The van der Waals surface area contributed by atoms with Crippen LogP contribution in [0.2, 0.25) is 0 Å². The fraction of sp³-hybridized carbons (Fsp3) is 0.250. The van der Waals surface area contributed by atoms with E-state index in [-0.39, 0.29) is 5.91 Å². The molecule has 0 bridgehead atoms. The molecular weight excluding hydrogens is 348 g/mol. The molecule has 3 aromatic rings. The van der Waals surface area contributed by atoms with Crippen LogP contribution in [0.4, 0.5) is 0 Å². The van der Waals surface area contributed by atoms with Gasteiger partial charge in [-0.25, -0.2) is 0 Å². The highest BCUT2D eigenvalue weighted by Crippen LogP contribution is 2.14. The number of nitrogens with one attached hydrogen (secondary N) is 1. The van der Waals surface area contributed by atoms with Gasteiger partial charge in [-0.1, -0.05) is 48.0 Å². The summed E-state index contributed by atoms with van der Waals surface area (Å²) in [5.74, 6) is 0.876. The van der Waals surface area contributed by atoms with Gasteiger partial charge in [-0.15, -0.1) is 0 Å². The Morgan fingerprint density at radius 3 is 2.43 bits per heavy atom. The van der Waals surface area contributed by atoms with E-state index in [1.54, 1.807) is 6.20 Å². The predicted molar refractivity (Wildman–Crippen MR) is 111 cm³/mol. The molecule has 3 rings (SSSR count). The summed E-state index contributed by atoms with van der Waals surface area (Å²) < 4.78 is 5.73. The Morgan fingerprint density at radius 2 is 1.71 bits per heavy atom. The van der Waals surface area contributed by atoms with E-state index in [9.17, 15) is 4.79 Å². The van der Waals surface area contributed by atoms with Crippen LogP contribution in [0.5, 0.6) is 5.75 Å². The molecule has 0 saturated carbocycles. The van der Waals surface area contributed by atoms with Gasteiger partial charge in [-0.05, 0) is 55.2 Å². The standard InChI is InChI=1S/C24H26N2O2/c1-19-8-10-20(11-9-19)5-4-7-24(27)26-17-21-12-14-23(15-13-21)28-18-22-6-2-3-16-25-22/h2-3,6,8-16H,4-5,7,17-18H2,1H3,(H,26,27). The van der Waals surface area contributed by atoms with E-state index in [0.717, 1.165) is 29.8 Å². The molecule has 0 aliphatic carbocycles. The van der Waals surface area contributed by atoms with Gasteiger partial charge in [0.15, 0.2) is 0 Å². The van der Waals surface area contributed by atoms with Crippen molar-refractivity contribution in [3.05, 3.63) is 95.3 Å². The molecule has 0 radical (unpaired) electrons. The van der Waals surface area contributed by atoms with Crippen LogP contribution in [0.3, 0.4) is 0 Å². The zero-order valence-electron chi connectivity index (χ0n) is 16.2. The van der Waals surface area contributed by atoms with Crippen LogP contribution in [0.15, 0.2) is 72.9 Å². The molecular formula is C24H26N2O2. The second-order valence-electron chi connectivity index (χ2n) is 6.87. The molecule has 0 aliphatic heterocycles. The Morgan fingerprint density at radius 1 is 0.964 bits per heavy atom. The van der Waals surface area contributed by atoms with Crippen LogP contribution in [0, 0.1) is 6.92 Å². The first-order valence-electron chi connectivity index (χ1n) is 9.63. The maximum Gasteiger partial charge on any atom is 0.220 e. The lowest BCUT2D eigenvalue weighted by atomic mass is 10.1. The molecule has 0 atom stereocenters. The SMILES string of the molecule is Cc1ccc(CCCC(=O)NCc2ccc(OCc3ccccn3)cc2)cc1. The van der Waals surface area contributed by atoms with Gasteiger partial charge < -0.3 is 10.1 Å². The summed E-state index contributed by atoms with van der Waals surface area (Å²) in [6.45, 7) is 3.05. The Balaban J connectivity index is 1.35. The number of ether oxygens (including phenoxy) is 1. The minimum atomic E-state index is 0.0857. The second kappa shape index (κ2) is 10.3. The van der Waals surface area contributed by atoms with E-state index in [1.165, 1.54) is 11.1 Å². The van der Waals surface area contributed by atoms with Gasteiger partial charge in [-0.2, -0.15) is 0 Å². The fourth-order valence-electron chi connectivity index (χ4n) is 2.84. The normalized spacial score (nSPS) is 10.5. The van der Waals surface area contributed by atoms with Crippen molar-refractivity contribution in [1.82, 2.24) is 10.3 Å². The largest absolute Gasteiger partial charge is 0.487 e. The third kappa shape index (κ3) is 6.54. The van der Waals surface area contributed by atoms with Crippen LogP contribution in [-0.2, 0) is 24.4 Å². The van der Waals surface area contributed by atoms with Gasteiger partial charge in [0.05, 0.1) is 5.69 Å². The topological polar surface area (TPSA) is 51.2 Å². The lowest BCUT2D eigenvalue weighted by Crippen LogP contribution is -2.22. The Hall–Kier alpha value is -3.14. The number of amides is 1. The van der Waals surface area contributed by atoms with Gasteiger partial charge >= 0.3 is 0 Å². The number of aryl methyl sites for hydroxylation is 2. The van der Waals surface area contributed by atoms with Crippen molar-refractivity contribution in [1.29, 1.82) is 0 Å². The molecule has 4 heteroatoms. The van der Waals surface area contributed by atoms with E-state index in [4.69, 9.17) is 4.74 Å². The second-order valence-corrected chi connectivity index (χ2v) is 6.87. The number of carbonyl (C=O) groups excluding carboxylic acids is 1. The van der Waals surface area contributed by atoms with Crippen molar-refractivity contribution in [2.24, 2.45) is 0 Å². The molecule has 2 aromatic carbocycles. The summed E-state index contributed by atoms with van der Waals surface area (Å²) in [4.78, 5) is 16.3. The number of rotatable bonds is 9.